The molecule has 0 saturated carbocycles. The lowest BCUT2D eigenvalue weighted by atomic mass is 10.3. The van der Waals surface area contributed by atoms with Crippen LogP contribution >= 0.6 is 23.4 Å². The molecule has 0 spiro atoms. The fourth-order valence-electron chi connectivity index (χ4n) is 1.49. The van der Waals surface area contributed by atoms with Crippen LogP contribution in [0.5, 0.6) is 0 Å². The van der Waals surface area contributed by atoms with E-state index in [4.69, 9.17) is 17.4 Å². The largest absolute Gasteiger partial charge is 0.324 e. The summed E-state index contributed by atoms with van der Waals surface area (Å²) in [4.78, 5) is 11.9. The van der Waals surface area contributed by atoms with Gasteiger partial charge in [-0.25, -0.2) is 0 Å². The molecule has 0 saturated heterocycles. The van der Waals surface area contributed by atoms with Crippen molar-refractivity contribution in [2.75, 3.05) is 5.43 Å². The van der Waals surface area contributed by atoms with E-state index in [1.165, 1.54) is 23.9 Å². The Morgan fingerprint density at radius 1 is 1.26 bits per heavy atom. The SMILES string of the molecule is NNc1cc(Sc2ccccc2Cl)cc([N+](=O)[O-])c1. The minimum Gasteiger partial charge on any atom is -0.324 e. The molecule has 0 heterocycles. The Morgan fingerprint density at radius 3 is 2.63 bits per heavy atom. The van der Waals surface area contributed by atoms with Crippen LogP contribution in [0.3, 0.4) is 0 Å². The van der Waals surface area contributed by atoms with Crippen molar-refractivity contribution in [2.24, 2.45) is 5.84 Å². The lowest BCUT2D eigenvalue weighted by Crippen LogP contribution is -2.07. The zero-order chi connectivity index (χ0) is 13.8. The molecule has 0 unspecified atom stereocenters. The van der Waals surface area contributed by atoms with Gasteiger partial charge in [-0.2, -0.15) is 0 Å². The first kappa shape index (κ1) is 13.7. The van der Waals surface area contributed by atoms with E-state index in [-0.39, 0.29) is 5.69 Å². The van der Waals surface area contributed by atoms with Crippen molar-refractivity contribution in [3.8, 4) is 0 Å². The van der Waals surface area contributed by atoms with Crippen LogP contribution in [0.2, 0.25) is 5.02 Å². The lowest BCUT2D eigenvalue weighted by Gasteiger charge is -2.06. The second kappa shape index (κ2) is 5.92. The third-order valence-corrected chi connectivity index (χ3v) is 3.82. The Hall–Kier alpha value is -1.76. The van der Waals surface area contributed by atoms with Crippen molar-refractivity contribution in [3.63, 3.8) is 0 Å². The topological polar surface area (TPSA) is 81.2 Å². The number of benzene rings is 2. The van der Waals surface area contributed by atoms with Gasteiger partial charge in [0.25, 0.3) is 5.69 Å². The molecule has 7 heteroatoms. The number of nitrogens with one attached hydrogen (secondary N) is 1. The fraction of sp³-hybridized carbons (Fsp3) is 0. The van der Waals surface area contributed by atoms with E-state index in [1.54, 1.807) is 12.1 Å². The highest BCUT2D eigenvalue weighted by molar-refractivity contribution is 7.99. The zero-order valence-electron chi connectivity index (χ0n) is 9.67. The van der Waals surface area contributed by atoms with E-state index in [9.17, 15) is 10.1 Å². The average Bonchev–Trinajstić information content (AvgIpc) is 2.41. The van der Waals surface area contributed by atoms with Crippen molar-refractivity contribution >= 4 is 34.7 Å². The number of nitro benzene ring substituents is 1. The number of anilines is 1. The summed E-state index contributed by atoms with van der Waals surface area (Å²) in [7, 11) is 0. The Labute approximate surface area is 118 Å². The third kappa shape index (κ3) is 3.37. The average molecular weight is 296 g/mol. The lowest BCUT2D eigenvalue weighted by molar-refractivity contribution is -0.385. The van der Waals surface area contributed by atoms with Crippen LogP contribution < -0.4 is 11.3 Å². The molecule has 3 N–H and O–H groups in total. The van der Waals surface area contributed by atoms with Crippen molar-refractivity contribution in [3.05, 3.63) is 57.6 Å². The zero-order valence-corrected chi connectivity index (χ0v) is 11.2. The number of nitro groups is 1. The fourth-order valence-corrected chi connectivity index (χ4v) is 2.67. The number of hydrogen-bond acceptors (Lipinski definition) is 5. The van der Waals surface area contributed by atoms with Crippen molar-refractivity contribution in [1.29, 1.82) is 0 Å². The normalized spacial score (nSPS) is 10.2. The summed E-state index contributed by atoms with van der Waals surface area (Å²) < 4.78 is 0. The van der Waals surface area contributed by atoms with Gasteiger partial charge in [-0.3, -0.25) is 16.0 Å². The molecule has 0 aromatic heterocycles. The maximum atomic E-state index is 10.8. The summed E-state index contributed by atoms with van der Waals surface area (Å²) in [6.45, 7) is 0. The molecule has 98 valence electrons. The molecule has 0 amide bonds. The summed E-state index contributed by atoms with van der Waals surface area (Å²) in [6.07, 6.45) is 0. The number of nitrogens with two attached hydrogens (primary N) is 1. The monoisotopic (exact) mass is 295 g/mol. The van der Waals surface area contributed by atoms with Crippen molar-refractivity contribution in [1.82, 2.24) is 0 Å². The first-order chi connectivity index (χ1) is 9.10. The van der Waals surface area contributed by atoms with Crippen LogP contribution in [0, 0.1) is 10.1 Å². The highest BCUT2D eigenvalue weighted by atomic mass is 35.5. The van der Waals surface area contributed by atoms with E-state index >= 15 is 0 Å². The van der Waals surface area contributed by atoms with Crippen LogP contribution in [-0.2, 0) is 0 Å². The highest BCUT2D eigenvalue weighted by Crippen LogP contribution is 2.36. The first-order valence-corrected chi connectivity index (χ1v) is 6.48. The van der Waals surface area contributed by atoms with Crippen molar-refractivity contribution in [2.45, 2.75) is 9.79 Å². The molecule has 0 aliphatic carbocycles. The second-order valence-electron chi connectivity index (χ2n) is 3.65. The number of nitrogen functional groups attached to an aromatic ring is 1. The van der Waals surface area contributed by atoms with Gasteiger partial charge in [0.05, 0.1) is 15.6 Å². The highest BCUT2D eigenvalue weighted by Gasteiger charge is 2.11. The van der Waals surface area contributed by atoms with Crippen LogP contribution in [0.1, 0.15) is 0 Å². The summed E-state index contributed by atoms with van der Waals surface area (Å²) >= 11 is 7.40. The molecule has 0 fully saturated rings. The van der Waals surface area contributed by atoms with E-state index in [0.717, 1.165) is 4.90 Å². The van der Waals surface area contributed by atoms with Gasteiger partial charge in [0.15, 0.2) is 0 Å². The summed E-state index contributed by atoms with van der Waals surface area (Å²) in [5.74, 6) is 5.30. The predicted octanol–water partition coefficient (Wildman–Crippen LogP) is 3.69. The third-order valence-electron chi connectivity index (χ3n) is 2.33. The molecule has 5 nitrogen and oxygen atoms in total. The minimum absolute atomic E-state index is 0.0231. The van der Waals surface area contributed by atoms with Crippen LogP contribution in [0.25, 0.3) is 0 Å². The van der Waals surface area contributed by atoms with Crippen molar-refractivity contribution < 1.29 is 4.92 Å². The standard InChI is InChI=1S/C12H10ClN3O2S/c13-11-3-1-2-4-12(11)19-10-6-8(15-14)5-9(7-10)16(17)18/h1-7,15H,14H2. The number of hydrogen-bond donors (Lipinski definition) is 2. The van der Waals surface area contributed by atoms with Gasteiger partial charge >= 0.3 is 0 Å². The van der Waals surface area contributed by atoms with Gasteiger partial charge < -0.3 is 5.43 Å². The molecule has 0 radical (unpaired) electrons. The molecule has 0 bridgehead atoms. The van der Waals surface area contributed by atoms with Gasteiger partial charge in [-0.15, -0.1) is 0 Å². The van der Waals surface area contributed by atoms with E-state index in [1.807, 2.05) is 18.2 Å². The molecule has 2 aromatic carbocycles. The molecular formula is C12H10ClN3O2S. The Bertz CT molecular complexity index is 622. The molecule has 0 atom stereocenters. The van der Waals surface area contributed by atoms with E-state index < -0.39 is 4.92 Å². The number of hydrazine groups is 1. The predicted molar refractivity (Wildman–Crippen MR) is 76.5 cm³/mol. The van der Waals surface area contributed by atoms with Crippen LogP contribution in [-0.4, -0.2) is 4.92 Å². The second-order valence-corrected chi connectivity index (χ2v) is 5.17. The van der Waals surface area contributed by atoms with Gasteiger partial charge in [-0.05, 0) is 18.2 Å². The minimum atomic E-state index is -0.461. The molecule has 19 heavy (non-hydrogen) atoms. The van der Waals surface area contributed by atoms with Gasteiger partial charge in [0.2, 0.25) is 0 Å². The number of halogens is 1. The Balaban J connectivity index is 2.37. The maximum absolute atomic E-state index is 10.8. The Morgan fingerprint density at radius 2 is 2.00 bits per heavy atom. The van der Waals surface area contributed by atoms with E-state index in [0.29, 0.717) is 15.6 Å². The smallest absolute Gasteiger partial charge is 0.272 e. The number of rotatable bonds is 4. The summed E-state index contributed by atoms with van der Waals surface area (Å²) in [5, 5.41) is 11.4. The van der Waals surface area contributed by atoms with Crippen LogP contribution in [0.4, 0.5) is 11.4 Å². The Kier molecular flexibility index (Phi) is 4.26. The molecule has 2 aromatic rings. The molecule has 0 aliphatic rings. The molecule has 2 rings (SSSR count). The summed E-state index contributed by atoms with van der Waals surface area (Å²) in [5.41, 5.74) is 2.86. The summed E-state index contributed by atoms with van der Waals surface area (Å²) in [6, 6.07) is 11.9. The van der Waals surface area contributed by atoms with Crippen LogP contribution in [0.15, 0.2) is 52.3 Å². The van der Waals surface area contributed by atoms with Gasteiger partial charge in [-0.1, -0.05) is 35.5 Å². The molecular weight excluding hydrogens is 286 g/mol. The quantitative estimate of drug-likeness (QED) is 0.511. The number of non-ortho nitro benzene ring substituents is 1. The van der Waals surface area contributed by atoms with Gasteiger partial charge in [0.1, 0.15) is 0 Å². The van der Waals surface area contributed by atoms with Gasteiger partial charge in [0, 0.05) is 21.9 Å². The first-order valence-electron chi connectivity index (χ1n) is 5.28. The molecule has 0 aliphatic heterocycles. The van der Waals surface area contributed by atoms with E-state index in [2.05, 4.69) is 5.43 Å². The maximum Gasteiger partial charge on any atom is 0.272 e. The number of nitrogens with zero attached hydrogens (tertiary/aromatic N) is 1.